The van der Waals surface area contributed by atoms with Crippen molar-refractivity contribution >= 4 is 27.9 Å². The van der Waals surface area contributed by atoms with Crippen LogP contribution in [0.3, 0.4) is 0 Å². The predicted molar refractivity (Wildman–Crippen MR) is 123 cm³/mol. The largest absolute Gasteiger partial charge is 0.444 e. The van der Waals surface area contributed by atoms with Gasteiger partial charge in [0.15, 0.2) is 0 Å². The van der Waals surface area contributed by atoms with Gasteiger partial charge in [-0.25, -0.2) is 4.79 Å². The number of ether oxygens (including phenoxy) is 2. The number of hydrogen-bond acceptors (Lipinski definition) is 5. The lowest BCUT2D eigenvalue weighted by Gasteiger charge is -2.37. The Balaban J connectivity index is 1.49. The molecule has 0 aliphatic carbocycles. The molecule has 0 spiro atoms. The number of piperazine rings is 1. The predicted octanol–water partition coefficient (Wildman–Crippen LogP) is 3.17. The number of rotatable bonds is 5. The number of halogens is 1. The summed E-state index contributed by atoms with van der Waals surface area (Å²) in [6, 6.07) is 8.05. The lowest BCUT2D eigenvalue weighted by atomic mass is 9.73. The van der Waals surface area contributed by atoms with Crippen LogP contribution in [0.1, 0.15) is 39.2 Å². The highest BCUT2D eigenvalue weighted by Gasteiger charge is 2.41. The summed E-state index contributed by atoms with van der Waals surface area (Å²) in [6.45, 7) is 11.0. The second-order valence-corrected chi connectivity index (χ2v) is 10.2. The van der Waals surface area contributed by atoms with Gasteiger partial charge in [-0.1, -0.05) is 28.1 Å². The molecule has 2 aliphatic heterocycles. The molecule has 2 heterocycles. The maximum Gasteiger partial charge on any atom is 0.410 e. The summed E-state index contributed by atoms with van der Waals surface area (Å²) >= 11 is 3.47. The smallest absolute Gasteiger partial charge is 0.410 e. The first kappa shape index (κ1) is 24.0. The van der Waals surface area contributed by atoms with Crippen LogP contribution in [0, 0.1) is 0 Å². The lowest BCUT2D eigenvalue weighted by Crippen LogP contribution is -2.53. The van der Waals surface area contributed by atoms with E-state index in [-0.39, 0.29) is 12.0 Å². The van der Waals surface area contributed by atoms with Crippen LogP contribution in [-0.2, 0) is 19.7 Å². The normalized spacial score (nSPS) is 19.7. The molecule has 2 aliphatic rings. The molecule has 2 saturated heterocycles. The molecule has 0 unspecified atom stereocenters. The Morgan fingerprint density at radius 1 is 1.10 bits per heavy atom. The van der Waals surface area contributed by atoms with Crippen molar-refractivity contribution in [2.45, 2.75) is 44.6 Å². The summed E-state index contributed by atoms with van der Waals surface area (Å²) in [5.41, 5.74) is 0.0319. The summed E-state index contributed by atoms with van der Waals surface area (Å²) in [6.07, 6.45) is 1.13. The standard InChI is InChI=1S/C23H34BrN3O4/c1-22(2,3)31-21(29)27-14-12-26(13-15-27)11-10-25-20(28)23(8-16-30-17-9-23)18-4-6-19(24)7-5-18/h4-7H,8-17H2,1-3H3,(H,25,28). The monoisotopic (exact) mass is 495 g/mol. The molecular weight excluding hydrogens is 462 g/mol. The zero-order chi connectivity index (χ0) is 22.5. The van der Waals surface area contributed by atoms with E-state index in [1.54, 1.807) is 4.90 Å². The molecule has 0 radical (unpaired) electrons. The third-order valence-electron chi connectivity index (χ3n) is 5.92. The van der Waals surface area contributed by atoms with Gasteiger partial charge in [0, 0.05) is 57.0 Å². The minimum absolute atomic E-state index is 0.0745. The van der Waals surface area contributed by atoms with Crippen LogP contribution in [0.5, 0.6) is 0 Å². The van der Waals surface area contributed by atoms with Crippen LogP contribution in [0.25, 0.3) is 0 Å². The van der Waals surface area contributed by atoms with E-state index in [2.05, 4.69) is 26.1 Å². The molecular formula is C23H34BrN3O4. The summed E-state index contributed by atoms with van der Waals surface area (Å²) in [4.78, 5) is 29.5. The van der Waals surface area contributed by atoms with Crippen molar-refractivity contribution in [3.63, 3.8) is 0 Å². The highest BCUT2D eigenvalue weighted by molar-refractivity contribution is 9.10. The number of benzene rings is 1. The number of carbonyl (C=O) groups is 2. The Morgan fingerprint density at radius 3 is 2.29 bits per heavy atom. The molecule has 1 aromatic rings. The molecule has 2 fully saturated rings. The molecule has 8 heteroatoms. The molecule has 172 valence electrons. The zero-order valence-corrected chi connectivity index (χ0v) is 20.4. The van der Waals surface area contributed by atoms with Crippen LogP contribution in [-0.4, -0.2) is 79.9 Å². The van der Waals surface area contributed by atoms with E-state index in [0.29, 0.717) is 45.7 Å². The number of nitrogens with one attached hydrogen (secondary N) is 1. The Bertz CT molecular complexity index is 749. The van der Waals surface area contributed by atoms with Crippen molar-refractivity contribution in [1.82, 2.24) is 15.1 Å². The summed E-state index contributed by atoms with van der Waals surface area (Å²) in [7, 11) is 0. The summed E-state index contributed by atoms with van der Waals surface area (Å²) < 4.78 is 12.0. The molecule has 2 amide bonds. The quantitative estimate of drug-likeness (QED) is 0.679. The van der Waals surface area contributed by atoms with Crippen molar-refractivity contribution < 1.29 is 19.1 Å². The Labute approximate surface area is 193 Å². The van der Waals surface area contributed by atoms with E-state index < -0.39 is 11.0 Å². The van der Waals surface area contributed by atoms with Crippen LogP contribution in [0.2, 0.25) is 0 Å². The van der Waals surface area contributed by atoms with Gasteiger partial charge >= 0.3 is 6.09 Å². The molecule has 7 nitrogen and oxygen atoms in total. The summed E-state index contributed by atoms with van der Waals surface area (Å²) in [5, 5.41) is 3.17. The van der Waals surface area contributed by atoms with E-state index in [1.165, 1.54) is 0 Å². The number of amides is 2. The fraction of sp³-hybridized carbons (Fsp3) is 0.652. The fourth-order valence-corrected chi connectivity index (χ4v) is 4.38. The van der Waals surface area contributed by atoms with E-state index in [4.69, 9.17) is 9.47 Å². The average Bonchev–Trinajstić information content (AvgIpc) is 2.74. The van der Waals surface area contributed by atoms with E-state index in [1.807, 2.05) is 45.0 Å². The molecule has 0 bridgehead atoms. The lowest BCUT2D eigenvalue weighted by molar-refractivity contribution is -0.130. The Kier molecular flexibility index (Phi) is 7.99. The first-order valence-corrected chi connectivity index (χ1v) is 11.8. The number of carbonyl (C=O) groups excluding carboxylic acids is 2. The first-order chi connectivity index (χ1) is 14.7. The molecule has 0 aromatic heterocycles. The summed E-state index contributed by atoms with van der Waals surface area (Å²) in [5.74, 6) is 0.0745. The van der Waals surface area contributed by atoms with E-state index in [9.17, 15) is 9.59 Å². The van der Waals surface area contributed by atoms with E-state index >= 15 is 0 Å². The van der Waals surface area contributed by atoms with Crippen LogP contribution < -0.4 is 5.32 Å². The second kappa shape index (κ2) is 10.3. The third kappa shape index (κ3) is 6.43. The average molecular weight is 496 g/mol. The molecule has 3 rings (SSSR count). The maximum atomic E-state index is 13.3. The maximum absolute atomic E-state index is 13.3. The molecule has 31 heavy (non-hydrogen) atoms. The van der Waals surface area contributed by atoms with Gasteiger partial charge in [-0.05, 0) is 51.3 Å². The van der Waals surface area contributed by atoms with Crippen molar-refractivity contribution in [2.75, 3.05) is 52.5 Å². The van der Waals surface area contributed by atoms with Gasteiger partial charge in [0.05, 0.1) is 5.41 Å². The molecule has 1 aromatic carbocycles. The molecule has 0 saturated carbocycles. The van der Waals surface area contributed by atoms with Gasteiger partial charge in [-0.15, -0.1) is 0 Å². The van der Waals surface area contributed by atoms with Crippen molar-refractivity contribution in [3.8, 4) is 0 Å². The topological polar surface area (TPSA) is 71.1 Å². The highest BCUT2D eigenvalue weighted by Crippen LogP contribution is 2.35. The van der Waals surface area contributed by atoms with Crippen molar-refractivity contribution in [1.29, 1.82) is 0 Å². The van der Waals surface area contributed by atoms with Gasteiger partial charge in [-0.3, -0.25) is 9.69 Å². The Morgan fingerprint density at radius 2 is 1.71 bits per heavy atom. The van der Waals surface area contributed by atoms with Gasteiger partial charge in [0.2, 0.25) is 5.91 Å². The van der Waals surface area contributed by atoms with Gasteiger partial charge in [-0.2, -0.15) is 0 Å². The number of hydrogen-bond donors (Lipinski definition) is 1. The fourth-order valence-electron chi connectivity index (χ4n) is 4.11. The number of nitrogens with zero attached hydrogens (tertiary/aromatic N) is 2. The SMILES string of the molecule is CC(C)(C)OC(=O)N1CCN(CCNC(=O)C2(c3ccc(Br)cc3)CCOCC2)CC1. The van der Waals surface area contributed by atoms with Crippen LogP contribution in [0.4, 0.5) is 4.79 Å². The third-order valence-corrected chi connectivity index (χ3v) is 6.44. The zero-order valence-electron chi connectivity index (χ0n) is 18.8. The van der Waals surface area contributed by atoms with E-state index in [0.717, 1.165) is 29.7 Å². The van der Waals surface area contributed by atoms with Gasteiger partial charge < -0.3 is 19.7 Å². The Hall–Kier alpha value is -1.64. The van der Waals surface area contributed by atoms with Crippen LogP contribution in [0.15, 0.2) is 28.7 Å². The highest BCUT2D eigenvalue weighted by atomic mass is 79.9. The first-order valence-electron chi connectivity index (χ1n) is 11.0. The van der Waals surface area contributed by atoms with Gasteiger partial charge in [0.25, 0.3) is 0 Å². The minimum atomic E-state index is -0.533. The second-order valence-electron chi connectivity index (χ2n) is 9.27. The molecule has 0 atom stereocenters. The van der Waals surface area contributed by atoms with Crippen molar-refractivity contribution in [2.24, 2.45) is 0 Å². The van der Waals surface area contributed by atoms with Crippen LogP contribution >= 0.6 is 15.9 Å². The minimum Gasteiger partial charge on any atom is -0.444 e. The van der Waals surface area contributed by atoms with Gasteiger partial charge in [0.1, 0.15) is 5.60 Å². The van der Waals surface area contributed by atoms with Crippen molar-refractivity contribution in [3.05, 3.63) is 34.3 Å². The molecule has 1 N–H and O–H groups in total.